The van der Waals surface area contributed by atoms with Crippen molar-refractivity contribution in [3.8, 4) is 0 Å². The van der Waals surface area contributed by atoms with Crippen LogP contribution in [0.3, 0.4) is 0 Å². The van der Waals surface area contributed by atoms with Crippen molar-refractivity contribution >= 4 is 7.82 Å². The van der Waals surface area contributed by atoms with E-state index in [0.717, 1.165) is 0 Å². The van der Waals surface area contributed by atoms with Crippen molar-refractivity contribution in [3.05, 3.63) is 0 Å². The highest BCUT2D eigenvalue weighted by atomic mass is 31.2. The zero-order valence-corrected chi connectivity index (χ0v) is 9.27. The molecular formula is C7H16NO7P. The van der Waals surface area contributed by atoms with Crippen LogP contribution in [0, 0.1) is 5.92 Å². The Morgan fingerprint density at radius 3 is 2.25 bits per heavy atom. The van der Waals surface area contributed by atoms with Crippen LogP contribution in [0.5, 0.6) is 0 Å². The average Bonchev–Trinajstić information content (AvgIpc) is 2.17. The molecule has 7 N–H and O–H groups in total. The van der Waals surface area contributed by atoms with Crippen LogP contribution in [0.1, 0.15) is 6.42 Å². The van der Waals surface area contributed by atoms with E-state index in [9.17, 15) is 19.9 Å². The zero-order valence-electron chi connectivity index (χ0n) is 8.38. The predicted octanol–water partition coefficient (Wildman–Crippen LogP) is -2.47. The third-order valence-corrected chi connectivity index (χ3v) is 3.14. The van der Waals surface area contributed by atoms with Crippen molar-refractivity contribution in [2.45, 2.75) is 30.8 Å². The molecule has 0 spiro atoms. The third kappa shape index (κ3) is 3.47. The number of hydrogen-bond donors (Lipinski definition) is 6. The molecule has 0 heterocycles. The third-order valence-electron chi connectivity index (χ3n) is 2.65. The van der Waals surface area contributed by atoms with E-state index < -0.39 is 44.7 Å². The quantitative estimate of drug-likeness (QED) is 0.304. The van der Waals surface area contributed by atoms with Gasteiger partial charge in [0.25, 0.3) is 0 Å². The molecule has 0 amide bonds. The fraction of sp³-hybridized carbons (Fsp3) is 1.00. The molecule has 1 saturated carbocycles. The maximum Gasteiger partial charge on any atom is 0.469 e. The van der Waals surface area contributed by atoms with Gasteiger partial charge in [-0.2, -0.15) is 0 Å². The fourth-order valence-corrected chi connectivity index (χ4v) is 2.11. The Morgan fingerprint density at radius 1 is 1.19 bits per heavy atom. The van der Waals surface area contributed by atoms with Gasteiger partial charge in [-0.25, -0.2) is 4.57 Å². The van der Waals surface area contributed by atoms with Crippen LogP contribution < -0.4 is 5.73 Å². The number of hydrogen-bond acceptors (Lipinski definition) is 6. The van der Waals surface area contributed by atoms with Crippen molar-refractivity contribution < 1.29 is 34.2 Å². The van der Waals surface area contributed by atoms with E-state index in [1.165, 1.54) is 0 Å². The van der Waals surface area contributed by atoms with E-state index in [0.29, 0.717) is 0 Å². The maximum atomic E-state index is 10.5. The summed E-state index contributed by atoms with van der Waals surface area (Å²) in [4.78, 5) is 17.0. The molecule has 0 radical (unpaired) electrons. The van der Waals surface area contributed by atoms with Gasteiger partial charge in [0, 0.05) is 12.0 Å². The van der Waals surface area contributed by atoms with Crippen LogP contribution in [0.4, 0.5) is 0 Å². The second-order valence-corrected chi connectivity index (χ2v) is 5.16. The van der Waals surface area contributed by atoms with Crippen LogP contribution in [-0.4, -0.2) is 56.1 Å². The Kier molecular flexibility index (Phi) is 4.44. The monoisotopic (exact) mass is 257 g/mol. The number of rotatable bonds is 3. The van der Waals surface area contributed by atoms with Crippen LogP contribution in [-0.2, 0) is 9.09 Å². The summed E-state index contributed by atoms with van der Waals surface area (Å²) < 4.78 is 14.7. The van der Waals surface area contributed by atoms with Gasteiger partial charge in [-0.15, -0.1) is 0 Å². The van der Waals surface area contributed by atoms with Crippen molar-refractivity contribution in [1.82, 2.24) is 0 Å². The Hall–Kier alpha value is -0.0500. The maximum absolute atomic E-state index is 10.5. The molecule has 0 saturated heterocycles. The summed E-state index contributed by atoms with van der Waals surface area (Å²) in [6, 6.07) is -0.760. The van der Waals surface area contributed by atoms with E-state index >= 15 is 0 Å². The molecule has 96 valence electrons. The number of aliphatic hydroxyl groups excluding tert-OH is 3. The molecule has 0 aromatic carbocycles. The largest absolute Gasteiger partial charge is 0.469 e. The summed E-state index contributed by atoms with van der Waals surface area (Å²) in [7, 11) is -4.61. The second-order valence-electron chi connectivity index (χ2n) is 3.92. The van der Waals surface area contributed by atoms with Gasteiger partial charge < -0.3 is 30.8 Å². The number of phosphoric ester groups is 1. The summed E-state index contributed by atoms with van der Waals surface area (Å²) in [6.07, 6.45) is -3.89. The number of nitrogens with two attached hydrogens (primary N) is 1. The van der Waals surface area contributed by atoms with E-state index in [1.807, 2.05) is 0 Å². The van der Waals surface area contributed by atoms with Gasteiger partial charge >= 0.3 is 7.82 Å². The lowest BCUT2D eigenvalue weighted by Gasteiger charge is -2.38. The molecule has 16 heavy (non-hydrogen) atoms. The molecule has 0 aliphatic heterocycles. The summed E-state index contributed by atoms with van der Waals surface area (Å²) in [5.74, 6) is -0.721. The zero-order chi connectivity index (χ0) is 12.5. The average molecular weight is 257 g/mol. The highest BCUT2D eigenvalue weighted by molar-refractivity contribution is 7.46. The van der Waals surface area contributed by atoms with Gasteiger partial charge in [-0.3, -0.25) is 4.52 Å². The van der Waals surface area contributed by atoms with Gasteiger partial charge in [0.05, 0.1) is 18.8 Å². The van der Waals surface area contributed by atoms with Gasteiger partial charge in [0.2, 0.25) is 0 Å². The first kappa shape index (κ1) is 14.0. The van der Waals surface area contributed by atoms with Gasteiger partial charge in [-0.05, 0) is 6.42 Å². The molecule has 1 fully saturated rings. The molecule has 0 aromatic heterocycles. The number of phosphoric acid groups is 1. The summed E-state index contributed by atoms with van der Waals surface area (Å²) in [6.45, 7) is -0.428. The lowest BCUT2D eigenvalue weighted by molar-refractivity contribution is -0.124. The molecule has 0 bridgehead atoms. The Morgan fingerprint density at radius 2 is 1.75 bits per heavy atom. The van der Waals surface area contributed by atoms with Crippen LogP contribution in [0.25, 0.3) is 0 Å². The van der Waals surface area contributed by atoms with E-state index in [-0.39, 0.29) is 6.42 Å². The minimum atomic E-state index is -4.61. The molecule has 1 aliphatic rings. The minimum absolute atomic E-state index is 0.111. The van der Waals surface area contributed by atoms with Gasteiger partial charge in [0.1, 0.15) is 6.10 Å². The molecule has 1 rings (SSSR count). The second kappa shape index (κ2) is 5.07. The lowest BCUT2D eigenvalue weighted by atomic mass is 9.80. The first-order valence-electron chi connectivity index (χ1n) is 4.72. The smallest absolute Gasteiger partial charge is 0.390 e. The minimum Gasteiger partial charge on any atom is -0.390 e. The Balaban J connectivity index is 2.57. The van der Waals surface area contributed by atoms with Gasteiger partial charge in [-0.1, -0.05) is 0 Å². The van der Waals surface area contributed by atoms with Crippen LogP contribution in [0.2, 0.25) is 0 Å². The lowest BCUT2D eigenvalue weighted by Crippen LogP contribution is -2.57. The molecule has 9 heteroatoms. The first-order chi connectivity index (χ1) is 7.22. The fourth-order valence-electron chi connectivity index (χ4n) is 1.72. The molecule has 5 atom stereocenters. The summed E-state index contributed by atoms with van der Waals surface area (Å²) >= 11 is 0. The Labute approximate surface area is 91.9 Å². The highest BCUT2D eigenvalue weighted by Crippen LogP contribution is 2.38. The van der Waals surface area contributed by atoms with Crippen LogP contribution in [0.15, 0.2) is 0 Å². The molecule has 1 aliphatic carbocycles. The van der Waals surface area contributed by atoms with E-state index in [4.69, 9.17) is 15.5 Å². The Bertz CT molecular complexity index is 282. The van der Waals surface area contributed by atoms with Crippen LogP contribution >= 0.6 is 7.82 Å². The van der Waals surface area contributed by atoms with Crippen molar-refractivity contribution in [1.29, 1.82) is 0 Å². The molecule has 0 unspecified atom stereocenters. The van der Waals surface area contributed by atoms with Gasteiger partial charge in [0.15, 0.2) is 0 Å². The summed E-state index contributed by atoms with van der Waals surface area (Å²) in [5, 5.41) is 28.2. The highest BCUT2D eigenvalue weighted by Gasteiger charge is 2.41. The molecule has 0 aromatic rings. The topological polar surface area (TPSA) is 153 Å². The van der Waals surface area contributed by atoms with Crippen molar-refractivity contribution in [2.24, 2.45) is 11.7 Å². The molecule has 8 nitrogen and oxygen atoms in total. The van der Waals surface area contributed by atoms with Crippen molar-refractivity contribution in [2.75, 3.05) is 6.61 Å². The SMILES string of the molecule is N[C@H]1C[C@H](COP(=O)(O)O)[C@@H](O)[C@H](O)[C@H]1O. The number of aliphatic hydroxyl groups is 3. The molecular weight excluding hydrogens is 241 g/mol. The standard InChI is InChI=1S/C7H16NO7P/c8-4-1-3(2-15-16(12,13)14)5(9)7(11)6(4)10/h3-7,9-11H,1-2,8H2,(H2,12,13,14)/t3-,4+,5-,6+,7+/m1/s1. The van der Waals surface area contributed by atoms with E-state index in [2.05, 4.69) is 4.52 Å². The summed E-state index contributed by atoms with van der Waals surface area (Å²) in [5.41, 5.74) is 5.49. The van der Waals surface area contributed by atoms with E-state index in [1.54, 1.807) is 0 Å². The predicted molar refractivity (Wildman–Crippen MR) is 52.1 cm³/mol. The normalized spacial score (nSPS) is 41.0. The van der Waals surface area contributed by atoms with Crippen molar-refractivity contribution in [3.63, 3.8) is 0 Å². The first-order valence-corrected chi connectivity index (χ1v) is 6.25.